The van der Waals surface area contributed by atoms with Gasteiger partial charge in [0.1, 0.15) is 11.8 Å². The number of carbonyl (C=O) groups is 2. The first-order chi connectivity index (χ1) is 14.4. The number of amides is 1. The number of carbonyl (C=O) groups excluding carboxylic acids is 2. The quantitative estimate of drug-likeness (QED) is 0.246. The number of aliphatic imine (C=N–C) groups is 1. The molecule has 0 fully saturated rings. The first-order valence-corrected chi connectivity index (χ1v) is 9.51. The molecule has 0 spiro atoms. The zero-order valence-electron chi connectivity index (χ0n) is 16.8. The third-order valence-corrected chi connectivity index (χ3v) is 4.61. The lowest BCUT2D eigenvalue weighted by Gasteiger charge is -2.30. The van der Waals surface area contributed by atoms with Gasteiger partial charge < -0.3 is 26.3 Å². The molecule has 0 radical (unpaired) electrons. The van der Waals surface area contributed by atoms with Crippen LogP contribution in [0.3, 0.4) is 0 Å². The van der Waals surface area contributed by atoms with E-state index in [9.17, 15) is 22.8 Å². The number of hydrogen-bond donors (Lipinski definition) is 3. The molecule has 1 heterocycles. The first kappa shape index (κ1) is 24.3. The fourth-order valence-corrected chi connectivity index (χ4v) is 3.29. The molecule has 1 unspecified atom stereocenters. The van der Waals surface area contributed by atoms with Crippen LogP contribution in [-0.4, -0.2) is 49.8 Å². The predicted molar refractivity (Wildman–Crippen MR) is 108 cm³/mol. The molecule has 1 aliphatic rings. The Kier molecular flexibility index (Phi) is 7.77. The van der Waals surface area contributed by atoms with Crippen LogP contribution in [0.25, 0.3) is 6.08 Å². The smallest absolute Gasteiger partial charge is 0.429 e. The fraction of sp³-hybridized carbons (Fsp3) is 0.421. The fourth-order valence-electron chi connectivity index (χ4n) is 3.01. The molecular formula is C19H22ClF3N4O4. The number of fused-ring (bicyclic) bond motifs is 1. The Balaban J connectivity index is 2.32. The summed E-state index contributed by atoms with van der Waals surface area (Å²) in [5.74, 6) is -2.12. The van der Waals surface area contributed by atoms with Crippen LogP contribution < -0.4 is 21.5 Å². The molecule has 5 N–H and O–H groups in total. The van der Waals surface area contributed by atoms with Crippen LogP contribution in [0.15, 0.2) is 22.7 Å². The normalized spacial score (nSPS) is 16.3. The van der Waals surface area contributed by atoms with E-state index in [1.165, 1.54) is 12.1 Å². The van der Waals surface area contributed by atoms with E-state index in [2.05, 4.69) is 15.0 Å². The molecular weight excluding hydrogens is 441 g/mol. The highest BCUT2D eigenvalue weighted by molar-refractivity contribution is 6.30. The van der Waals surface area contributed by atoms with Crippen LogP contribution in [0.1, 0.15) is 24.0 Å². The number of rotatable bonds is 7. The summed E-state index contributed by atoms with van der Waals surface area (Å²) in [6, 6.07) is 1.64. The standard InChI is InChI=1S/C19H22ClF3N4O4/c1-9-6-11(20)7-10-8-12(15(19(21,22)23)31-14(9)10)16(28)27-13(17(29)30-2)4-3-5-26-18(24)25/h6-8,13,15H,3-5H2,1-2H3,(H,27,28)(H4,24,25,26)/t13?,15-/m0/s1. The highest BCUT2D eigenvalue weighted by Gasteiger charge is 2.48. The second-order valence-electron chi connectivity index (χ2n) is 6.78. The number of nitrogens with zero attached hydrogens (tertiary/aromatic N) is 1. The second-order valence-corrected chi connectivity index (χ2v) is 7.21. The molecule has 1 aromatic rings. The Morgan fingerprint density at radius 1 is 1.35 bits per heavy atom. The maximum absolute atomic E-state index is 13.6. The van der Waals surface area contributed by atoms with Gasteiger partial charge in [-0.25, -0.2) is 4.79 Å². The maximum Gasteiger partial charge on any atom is 0.429 e. The number of halogens is 4. The molecule has 0 bridgehead atoms. The van der Waals surface area contributed by atoms with Gasteiger partial charge in [-0.05, 0) is 43.5 Å². The van der Waals surface area contributed by atoms with Crippen molar-refractivity contribution in [1.82, 2.24) is 5.32 Å². The molecule has 0 saturated carbocycles. The van der Waals surface area contributed by atoms with Crippen molar-refractivity contribution in [1.29, 1.82) is 0 Å². The van der Waals surface area contributed by atoms with Crippen molar-refractivity contribution in [2.24, 2.45) is 16.5 Å². The number of esters is 1. The van der Waals surface area contributed by atoms with Gasteiger partial charge in [-0.2, -0.15) is 13.2 Å². The minimum atomic E-state index is -4.87. The Morgan fingerprint density at radius 3 is 2.61 bits per heavy atom. The van der Waals surface area contributed by atoms with Crippen molar-refractivity contribution < 1.29 is 32.2 Å². The van der Waals surface area contributed by atoms with Gasteiger partial charge in [-0.15, -0.1) is 0 Å². The number of benzene rings is 1. The van der Waals surface area contributed by atoms with Gasteiger partial charge in [0.25, 0.3) is 5.91 Å². The zero-order valence-corrected chi connectivity index (χ0v) is 17.5. The van der Waals surface area contributed by atoms with Gasteiger partial charge in [0.05, 0.1) is 12.7 Å². The minimum Gasteiger partial charge on any atom is -0.475 e. The van der Waals surface area contributed by atoms with Crippen molar-refractivity contribution in [2.75, 3.05) is 13.7 Å². The Labute approximate surface area is 181 Å². The number of alkyl halides is 3. The molecule has 1 amide bonds. The SMILES string of the molecule is COC(=O)C(CCCN=C(N)N)NC(=O)C1=Cc2cc(Cl)cc(C)c2O[C@@H]1C(F)(F)F. The summed E-state index contributed by atoms with van der Waals surface area (Å²) in [7, 11) is 1.10. The monoisotopic (exact) mass is 462 g/mol. The van der Waals surface area contributed by atoms with E-state index < -0.39 is 35.8 Å². The lowest BCUT2D eigenvalue weighted by Crippen LogP contribution is -2.48. The van der Waals surface area contributed by atoms with Gasteiger partial charge in [0, 0.05) is 17.1 Å². The lowest BCUT2D eigenvalue weighted by atomic mass is 9.98. The van der Waals surface area contributed by atoms with E-state index >= 15 is 0 Å². The molecule has 1 aromatic carbocycles. The Morgan fingerprint density at radius 2 is 2.03 bits per heavy atom. The number of ether oxygens (including phenoxy) is 2. The molecule has 2 atom stereocenters. The van der Waals surface area contributed by atoms with Crippen molar-refractivity contribution >= 4 is 35.5 Å². The summed E-state index contributed by atoms with van der Waals surface area (Å²) in [6.07, 6.45) is -6.02. The van der Waals surface area contributed by atoms with E-state index in [4.69, 9.17) is 27.8 Å². The van der Waals surface area contributed by atoms with Crippen LogP contribution in [0.2, 0.25) is 5.02 Å². The summed E-state index contributed by atoms with van der Waals surface area (Å²) in [5, 5.41) is 2.55. The topological polar surface area (TPSA) is 129 Å². The number of guanidine groups is 1. The van der Waals surface area contributed by atoms with Crippen molar-refractivity contribution in [3.05, 3.63) is 33.9 Å². The average molecular weight is 463 g/mol. The average Bonchev–Trinajstić information content (AvgIpc) is 2.67. The summed E-state index contributed by atoms with van der Waals surface area (Å²) in [5.41, 5.74) is 10.3. The molecule has 8 nitrogen and oxygen atoms in total. The maximum atomic E-state index is 13.6. The van der Waals surface area contributed by atoms with Crippen molar-refractivity contribution in [3.8, 4) is 5.75 Å². The summed E-state index contributed by atoms with van der Waals surface area (Å²) >= 11 is 5.98. The molecule has 0 aromatic heterocycles. The first-order valence-electron chi connectivity index (χ1n) is 9.13. The summed E-state index contributed by atoms with van der Waals surface area (Å²) < 4.78 is 50.7. The van der Waals surface area contributed by atoms with Crippen molar-refractivity contribution in [2.45, 2.75) is 38.1 Å². The van der Waals surface area contributed by atoms with Crippen LogP contribution in [0.5, 0.6) is 5.75 Å². The molecule has 0 saturated heterocycles. The highest BCUT2D eigenvalue weighted by atomic mass is 35.5. The van der Waals surface area contributed by atoms with E-state index in [1.54, 1.807) is 6.92 Å². The van der Waals surface area contributed by atoms with Crippen molar-refractivity contribution in [3.63, 3.8) is 0 Å². The van der Waals surface area contributed by atoms with E-state index in [1.807, 2.05) is 0 Å². The molecule has 2 rings (SSSR count). The number of aryl methyl sites for hydroxylation is 1. The third-order valence-electron chi connectivity index (χ3n) is 4.39. The number of nitrogens with one attached hydrogen (secondary N) is 1. The van der Waals surface area contributed by atoms with Gasteiger partial charge in [-0.3, -0.25) is 9.79 Å². The largest absolute Gasteiger partial charge is 0.475 e. The highest BCUT2D eigenvalue weighted by Crippen LogP contribution is 2.40. The van der Waals surface area contributed by atoms with Gasteiger partial charge in [-0.1, -0.05) is 11.6 Å². The molecule has 170 valence electrons. The molecule has 1 aliphatic heterocycles. The van der Waals surface area contributed by atoms with E-state index in [0.717, 1.165) is 13.2 Å². The lowest BCUT2D eigenvalue weighted by molar-refractivity contribution is -0.185. The molecule has 12 heteroatoms. The van der Waals surface area contributed by atoms with Crippen LogP contribution in [-0.2, 0) is 14.3 Å². The Bertz CT molecular complexity index is 914. The van der Waals surface area contributed by atoms with E-state index in [0.29, 0.717) is 5.56 Å². The zero-order chi connectivity index (χ0) is 23.3. The van der Waals surface area contributed by atoms with Gasteiger partial charge in [0.15, 0.2) is 5.96 Å². The number of methoxy groups -OCH3 is 1. The van der Waals surface area contributed by atoms with E-state index in [-0.39, 0.29) is 41.7 Å². The molecule has 31 heavy (non-hydrogen) atoms. The number of hydrogen-bond acceptors (Lipinski definition) is 5. The minimum absolute atomic E-state index is 0.0231. The van der Waals surface area contributed by atoms with Crippen LogP contribution >= 0.6 is 11.6 Å². The third kappa shape index (κ3) is 6.27. The summed E-state index contributed by atoms with van der Waals surface area (Å²) in [6.45, 7) is 1.70. The predicted octanol–water partition coefficient (Wildman–Crippen LogP) is 2.07. The number of nitrogens with two attached hydrogens (primary N) is 2. The van der Waals surface area contributed by atoms with Crippen LogP contribution in [0.4, 0.5) is 13.2 Å². The van der Waals surface area contributed by atoms with Gasteiger partial charge in [0.2, 0.25) is 6.10 Å². The molecule has 0 aliphatic carbocycles. The van der Waals surface area contributed by atoms with Gasteiger partial charge >= 0.3 is 12.1 Å². The Hall–Kier alpha value is -2.95. The second kappa shape index (κ2) is 9.90. The summed E-state index contributed by atoms with van der Waals surface area (Å²) in [4.78, 5) is 28.5. The van der Waals surface area contributed by atoms with Crippen LogP contribution in [0, 0.1) is 6.92 Å².